The zero-order valence-electron chi connectivity index (χ0n) is 41.3. The highest BCUT2D eigenvalue weighted by molar-refractivity contribution is 6.10. The molecule has 3 nitrogen and oxygen atoms in total. The molecule has 10 aromatic carbocycles. The second-order valence-electron chi connectivity index (χ2n) is 21.0. The predicted molar refractivity (Wildman–Crippen MR) is 307 cm³/mol. The number of hydrogen-bond donors (Lipinski definition) is 0. The summed E-state index contributed by atoms with van der Waals surface area (Å²) in [6.45, 7) is 0. The third-order valence-electron chi connectivity index (χ3n) is 17.8. The minimum atomic E-state index is -0.820. The maximum absolute atomic E-state index is 5.57. The Morgan fingerprint density at radius 1 is 0.276 bits per heavy atom. The average Bonchev–Trinajstić information content (AvgIpc) is 4.37. The maximum Gasteiger partial charge on any atom is 0.0937 e. The van der Waals surface area contributed by atoms with Crippen molar-refractivity contribution in [1.29, 1.82) is 0 Å². The molecule has 0 aliphatic heterocycles. The molecule has 2 spiro atoms. The summed E-state index contributed by atoms with van der Waals surface area (Å²) >= 11 is 0. The molecule has 4 aliphatic rings. The summed E-state index contributed by atoms with van der Waals surface area (Å²) in [7, 11) is 0. The van der Waals surface area contributed by atoms with Gasteiger partial charge in [0.1, 0.15) is 0 Å². The van der Waals surface area contributed by atoms with E-state index in [1.165, 1.54) is 99.7 Å². The topological polar surface area (TPSA) is 30.7 Å². The van der Waals surface area contributed by atoms with Gasteiger partial charge in [0.15, 0.2) is 0 Å². The Labute approximate surface area is 440 Å². The largest absolute Gasteiger partial charge is 0.309 e. The Balaban J connectivity index is 1.02. The average molecular weight is 964 g/mol. The highest BCUT2D eigenvalue weighted by Crippen LogP contribution is 2.69. The first-order valence-corrected chi connectivity index (χ1v) is 26.5. The fourth-order valence-corrected chi connectivity index (χ4v) is 15.1. The van der Waals surface area contributed by atoms with E-state index in [-0.39, 0.29) is 0 Å². The first-order chi connectivity index (χ1) is 37.7. The molecule has 3 heterocycles. The van der Waals surface area contributed by atoms with E-state index >= 15 is 0 Å². The SMILES string of the molecule is c1ccc(-n2c3ccccc3c3cc(-c4cnc5c(c4)C4(c6ccccc6C(c6ccccc6)(c6ccccc6)c6cc7c(cc64)-c4ccccc4C74c6ccccc6-c6ccccc64)c4cccnc4-5)ccc32)cc1. The van der Waals surface area contributed by atoms with Crippen molar-refractivity contribution in [3.8, 4) is 50.5 Å². The molecule has 1 unspecified atom stereocenters. The van der Waals surface area contributed by atoms with Crippen molar-refractivity contribution in [2.45, 2.75) is 16.2 Å². The van der Waals surface area contributed by atoms with Crippen LogP contribution in [0.1, 0.15) is 66.8 Å². The van der Waals surface area contributed by atoms with E-state index in [1.54, 1.807) is 0 Å². The number of hydrogen-bond acceptors (Lipinski definition) is 2. The second kappa shape index (κ2) is 15.2. The molecule has 0 saturated carbocycles. The molecule has 3 aromatic heterocycles. The predicted octanol–water partition coefficient (Wildman–Crippen LogP) is 16.6. The molecule has 1 atom stereocenters. The Hall–Kier alpha value is -9.70. The number of aromatic nitrogens is 3. The first-order valence-electron chi connectivity index (χ1n) is 26.5. The van der Waals surface area contributed by atoms with Gasteiger partial charge in [0.25, 0.3) is 0 Å². The van der Waals surface area contributed by atoms with Gasteiger partial charge in [-0.25, -0.2) is 0 Å². The minimum absolute atomic E-state index is 0.554. The van der Waals surface area contributed by atoms with E-state index in [1.807, 2.05) is 6.20 Å². The lowest BCUT2D eigenvalue weighted by Gasteiger charge is -2.50. The van der Waals surface area contributed by atoms with E-state index in [4.69, 9.17) is 9.97 Å². The molecule has 0 N–H and O–H groups in total. The standard InChI is InChI=1S/C73H45N3/c1-4-21-48(22-5-1)71(49-23-6-2-7-24-49)60-34-17-18-35-61(60)73(64-43-55-53-29-12-16-33-59(53)72(63(55)44-65(64)71)57-31-14-10-27-51(57)52-28-11-15-32-58(52)72)62-36-20-40-74-69(62)70-66(73)42-47(45-75-70)46-38-39-68-56(41-46)54-30-13-19-37-67(54)76(68)50-25-8-3-9-26-50/h1-45H. The fraction of sp³-hybridized carbons (Fsp3) is 0.0411. The van der Waals surface area contributed by atoms with Crippen molar-refractivity contribution >= 4 is 21.8 Å². The van der Waals surface area contributed by atoms with Gasteiger partial charge in [-0.15, -0.1) is 0 Å². The van der Waals surface area contributed by atoms with Gasteiger partial charge in [-0.1, -0.05) is 212 Å². The van der Waals surface area contributed by atoms with Gasteiger partial charge >= 0.3 is 0 Å². The number of fused-ring (bicyclic) bond motifs is 22. The van der Waals surface area contributed by atoms with Gasteiger partial charge in [0.05, 0.1) is 38.7 Å². The van der Waals surface area contributed by atoms with Gasteiger partial charge in [-0.05, 0) is 138 Å². The molecule has 17 rings (SSSR count). The normalized spacial score (nSPS) is 16.2. The van der Waals surface area contributed by atoms with Crippen LogP contribution in [0.4, 0.5) is 0 Å². The van der Waals surface area contributed by atoms with Gasteiger partial charge < -0.3 is 4.57 Å². The summed E-state index contributed by atoms with van der Waals surface area (Å²) in [5.74, 6) is 0. The number of para-hydroxylation sites is 2. The van der Waals surface area contributed by atoms with Crippen molar-refractivity contribution in [3.05, 3.63) is 340 Å². The Bertz CT molecular complexity index is 4500. The molecule has 0 saturated heterocycles. The van der Waals surface area contributed by atoms with E-state index in [0.29, 0.717) is 0 Å². The van der Waals surface area contributed by atoms with Crippen molar-refractivity contribution < 1.29 is 0 Å². The highest BCUT2D eigenvalue weighted by Gasteiger charge is 2.60. The molecule has 4 aliphatic carbocycles. The summed E-state index contributed by atoms with van der Waals surface area (Å²) < 4.78 is 2.39. The van der Waals surface area contributed by atoms with Gasteiger partial charge in [-0.2, -0.15) is 0 Å². The van der Waals surface area contributed by atoms with Gasteiger partial charge in [-0.3, -0.25) is 9.97 Å². The Kier molecular flexibility index (Phi) is 8.34. The van der Waals surface area contributed by atoms with Crippen LogP contribution in [0.5, 0.6) is 0 Å². The number of pyridine rings is 2. The number of nitrogens with zero attached hydrogens (tertiary/aromatic N) is 3. The van der Waals surface area contributed by atoms with Crippen LogP contribution in [-0.2, 0) is 16.2 Å². The number of benzene rings is 10. The van der Waals surface area contributed by atoms with E-state index < -0.39 is 16.2 Å². The van der Waals surface area contributed by atoms with Crippen LogP contribution in [0, 0.1) is 0 Å². The smallest absolute Gasteiger partial charge is 0.0937 e. The molecule has 0 radical (unpaired) electrons. The molecule has 0 fully saturated rings. The Morgan fingerprint density at radius 2 is 0.776 bits per heavy atom. The summed E-state index contributed by atoms with van der Waals surface area (Å²) in [5, 5.41) is 2.43. The third kappa shape index (κ3) is 5.03. The summed E-state index contributed by atoms with van der Waals surface area (Å²) in [6, 6.07) is 98.1. The van der Waals surface area contributed by atoms with E-state index in [2.05, 4.69) is 272 Å². The fourth-order valence-electron chi connectivity index (χ4n) is 15.1. The van der Waals surface area contributed by atoms with Crippen molar-refractivity contribution in [2.75, 3.05) is 0 Å². The molecule has 13 aromatic rings. The van der Waals surface area contributed by atoms with Crippen LogP contribution in [0.25, 0.3) is 72.3 Å². The monoisotopic (exact) mass is 963 g/mol. The molecule has 352 valence electrons. The zero-order chi connectivity index (χ0) is 49.7. The molecule has 76 heavy (non-hydrogen) atoms. The van der Waals surface area contributed by atoms with Crippen LogP contribution in [0.15, 0.2) is 273 Å². The second-order valence-corrected chi connectivity index (χ2v) is 21.0. The van der Waals surface area contributed by atoms with Crippen molar-refractivity contribution in [3.63, 3.8) is 0 Å². The van der Waals surface area contributed by atoms with Gasteiger partial charge in [0, 0.05) is 40.0 Å². The summed E-state index contributed by atoms with van der Waals surface area (Å²) in [6.07, 6.45) is 4.03. The lowest BCUT2D eigenvalue weighted by Crippen LogP contribution is -2.45. The van der Waals surface area contributed by atoms with E-state index in [9.17, 15) is 0 Å². The van der Waals surface area contributed by atoms with Crippen molar-refractivity contribution in [1.82, 2.24) is 14.5 Å². The maximum atomic E-state index is 5.57. The summed E-state index contributed by atoms with van der Waals surface area (Å²) in [4.78, 5) is 10.9. The first kappa shape index (κ1) is 41.7. The van der Waals surface area contributed by atoms with Crippen LogP contribution in [-0.4, -0.2) is 14.5 Å². The molecular formula is C73H45N3. The lowest BCUT2D eigenvalue weighted by molar-refractivity contribution is 0.620. The zero-order valence-corrected chi connectivity index (χ0v) is 41.3. The Morgan fingerprint density at radius 3 is 1.45 bits per heavy atom. The third-order valence-corrected chi connectivity index (χ3v) is 17.8. The molecular weight excluding hydrogens is 919 g/mol. The molecule has 0 amide bonds. The summed E-state index contributed by atoms with van der Waals surface area (Å²) in [5.41, 5.74) is 25.6. The minimum Gasteiger partial charge on any atom is -0.309 e. The van der Waals surface area contributed by atoms with Crippen LogP contribution < -0.4 is 0 Å². The number of rotatable bonds is 4. The van der Waals surface area contributed by atoms with E-state index in [0.717, 1.165) is 39.3 Å². The van der Waals surface area contributed by atoms with Crippen LogP contribution in [0.3, 0.4) is 0 Å². The lowest BCUT2D eigenvalue weighted by atomic mass is 9.51. The van der Waals surface area contributed by atoms with Gasteiger partial charge in [0.2, 0.25) is 0 Å². The molecule has 0 bridgehead atoms. The molecule has 3 heteroatoms. The van der Waals surface area contributed by atoms with Crippen LogP contribution >= 0.6 is 0 Å². The highest BCUT2D eigenvalue weighted by atomic mass is 15.0. The van der Waals surface area contributed by atoms with Crippen LogP contribution in [0.2, 0.25) is 0 Å². The quantitative estimate of drug-likeness (QED) is 0.176. The van der Waals surface area contributed by atoms with Crippen molar-refractivity contribution in [2.24, 2.45) is 0 Å².